The van der Waals surface area contributed by atoms with Crippen LogP contribution in [0.4, 0.5) is 14.5 Å². The van der Waals surface area contributed by atoms with Gasteiger partial charge < -0.3 is 14.8 Å². The second-order valence-corrected chi connectivity index (χ2v) is 3.27. The summed E-state index contributed by atoms with van der Waals surface area (Å²) in [4.78, 5) is 11.5. The molecule has 0 spiro atoms. The van der Waals surface area contributed by atoms with Gasteiger partial charge >= 0.3 is 6.61 Å². The van der Waals surface area contributed by atoms with E-state index in [1.54, 1.807) is 13.0 Å². The highest BCUT2D eigenvalue weighted by Gasteiger charge is 2.12. The Labute approximate surface area is 97.5 Å². The zero-order chi connectivity index (χ0) is 12.8. The lowest BCUT2D eigenvalue weighted by Gasteiger charge is -2.11. The van der Waals surface area contributed by atoms with Gasteiger partial charge in [0.05, 0.1) is 0 Å². The van der Waals surface area contributed by atoms with E-state index in [0.717, 1.165) is 0 Å². The van der Waals surface area contributed by atoms with Crippen molar-refractivity contribution in [2.24, 2.45) is 0 Å². The van der Waals surface area contributed by atoms with Crippen molar-refractivity contribution in [3.05, 3.63) is 24.3 Å². The molecule has 1 unspecified atom stereocenters. The predicted molar refractivity (Wildman–Crippen MR) is 58.2 cm³/mol. The summed E-state index contributed by atoms with van der Waals surface area (Å²) in [5, 5.41) is 2.52. The monoisotopic (exact) mass is 245 g/mol. The van der Waals surface area contributed by atoms with Crippen LogP contribution in [0.3, 0.4) is 0 Å². The van der Waals surface area contributed by atoms with Gasteiger partial charge in [0.2, 0.25) is 0 Å². The fourth-order valence-electron chi connectivity index (χ4n) is 1.10. The minimum atomic E-state index is -2.89. The van der Waals surface area contributed by atoms with Crippen LogP contribution < -0.4 is 10.1 Å². The SMILES string of the molecule is COC(C)C(=O)Nc1cccc(OC(F)F)c1. The van der Waals surface area contributed by atoms with Gasteiger partial charge in [-0.05, 0) is 19.1 Å². The summed E-state index contributed by atoms with van der Waals surface area (Å²) in [5.74, 6) is -0.371. The Bertz CT molecular complexity index is 385. The molecule has 0 aliphatic heterocycles. The maximum atomic E-state index is 12.0. The lowest BCUT2D eigenvalue weighted by Crippen LogP contribution is -2.26. The normalized spacial score (nSPS) is 12.3. The summed E-state index contributed by atoms with van der Waals surface area (Å²) in [5.41, 5.74) is 0.372. The zero-order valence-electron chi connectivity index (χ0n) is 9.44. The second-order valence-electron chi connectivity index (χ2n) is 3.27. The van der Waals surface area contributed by atoms with E-state index in [1.165, 1.54) is 25.3 Å². The number of ether oxygens (including phenoxy) is 2. The number of benzene rings is 1. The molecule has 1 amide bonds. The highest BCUT2D eigenvalue weighted by Crippen LogP contribution is 2.19. The van der Waals surface area contributed by atoms with E-state index in [2.05, 4.69) is 10.1 Å². The topological polar surface area (TPSA) is 47.6 Å². The van der Waals surface area contributed by atoms with Gasteiger partial charge in [-0.3, -0.25) is 4.79 Å². The molecule has 0 aliphatic rings. The highest BCUT2D eigenvalue weighted by molar-refractivity contribution is 5.94. The molecular formula is C11H13F2NO3. The van der Waals surface area contributed by atoms with Crippen molar-refractivity contribution >= 4 is 11.6 Å². The van der Waals surface area contributed by atoms with Crippen LogP contribution >= 0.6 is 0 Å². The largest absolute Gasteiger partial charge is 0.435 e. The van der Waals surface area contributed by atoms with Crippen LogP contribution in [0, 0.1) is 0 Å². The molecule has 0 saturated heterocycles. The summed E-state index contributed by atoms with van der Waals surface area (Å²) < 4.78 is 33.0. The van der Waals surface area contributed by atoms with Crippen LogP contribution in [0.2, 0.25) is 0 Å². The third-order valence-electron chi connectivity index (χ3n) is 2.05. The van der Waals surface area contributed by atoms with Crippen molar-refractivity contribution in [2.45, 2.75) is 19.6 Å². The molecule has 0 heterocycles. The Morgan fingerprint density at radius 3 is 2.71 bits per heavy atom. The number of anilines is 1. The van der Waals surface area contributed by atoms with Gasteiger partial charge in [-0.25, -0.2) is 0 Å². The average Bonchev–Trinajstić information content (AvgIpc) is 2.27. The maximum absolute atomic E-state index is 12.0. The Morgan fingerprint density at radius 1 is 1.41 bits per heavy atom. The van der Waals surface area contributed by atoms with Crippen LogP contribution in [0.1, 0.15) is 6.92 Å². The van der Waals surface area contributed by atoms with Crippen LogP contribution in [0.15, 0.2) is 24.3 Å². The third kappa shape index (κ3) is 4.36. The average molecular weight is 245 g/mol. The number of carbonyl (C=O) groups is 1. The number of methoxy groups -OCH3 is 1. The molecule has 0 radical (unpaired) electrons. The second kappa shape index (κ2) is 6.15. The van der Waals surface area contributed by atoms with Crippen LogP contribution in [-0.2, 0) is 9.53 Å². The molecule has 0 aromatic heterocycles. The van der Waals surface area contributed by atoms with E-state index in [-0.39, 0.29) is 11.7 Å². The van der Waals surface area contributed by atoms with E-state index in [9.17, 15) is 13.6 Å². The van der Waals surface area contributed by atoms with E-state index in [4.69, 9.17) is 4.74 Å². The van der Waals surface area contributed by atoms with Crippen molar-refractivity contribution in [1.29, 1.82) is 0 Å². The molecule has 17 heavy (non-hydrogen) atoms. The Balaban J connectivity index is 2.68. The lowest BCUT2D eigenvalue weighted by molar-refractivity contribution is -0.124. The first kappa shape index (κ1) is 13.4. The quantitative estimate of drug-likeness (QED) is 0.865. The standard InChI is InChI=1S/C11H13F2NO3/c1-7(16-2)10(15)14-8-4-3-5-9(6-8)17-11(12)13/h3-7,11H,1-2H3,(H,14,15). The molecule has 0 saturated carbocycles. The maximum Gasteiger partial charge on any atom is 0.387 e. The highest BCUT2D eigenvalue weighted by atomic mass is 19.3. The molecule has 6 heteroatoms. The molecule has 1 aromatic carbocycles. The van der Waals surface area contributed by atoms with E-state index in [0.29, 0.717) is 5.69 Å². The van der Waals surface area contributed by atoms with Gasteiger partial charge in [-0.15, -0.1) is 0 Å². The smallest absolute Gasteiger partial charge is 0.387 e. The number of nitrogens with one attached hydrogen (secondary N) is 1. The number of hydrogen-bond acceptors (Lipinski definition) is 3. The van der Waals surface area contributed by atoms with Crippen molar-refractivity contribution < 1.29 is 23.0 Å². The van der Waals surface area contributed by atoms with Gasteiger partial charge in [0.15, 0.2) is 0 Å². The first-order chi connectivity index (χ1) is 8.02. The molecule has 1 aromatic rings. The number of carbonyl (C=O) groups excluding carboxylic acids is 1. The molecule has 1 N–H and O–H groups in total. The fourth-order valence-corrected chi connectivity index (χ4v) is 1.10. The van der Waals surface area contributed by atoms with Gasteiger partial charge in [0.25, 0.3) is 5.91 Å². The van der Waals surface area contributed by atoms with Gasteiger partial charge in [0, 0.05) is 18.9 Å². The number of hydrogen-bond donors (Lipinski definition) is 1. The van der Waals surface area contributed by atoms with Crippen LogP contribution in [0.25, 0.3) is 0 Å². The molecule has 0 bridgehead atoms. The Morgan fingerprint density at radius 2 is 2.12 bits per heavy atom. The Hall–Kier alpha value is -1.69. The van der Waals surface area contributed by atoms with Gasteiger partial charge in [-0.1, -0.05) is 6.07 Å². The first-order valence-corrected chi connectivity index (χ1v) is 4.91. The van der Waals surface area contributed by atoms with Crippen molar-refractivity contribution in [1.82, 2.24) is 0 Å². The van der Waals surface area contributed by atoms with Crippen molar-refractivity contribution in [3.8, 4) is 5.75 Å². The minimum absolute atomic E-state index is 0.0112. The summed E-state index contributed by atoms with van der Waals surface area (Å²) in [6, 6.07) is 5.76. The molecule has 0 aliphatic carbocycles. The summed E-state index contributed by atoms with van der Waals surface area (Å²) in [6.45, 7) is -1.31. The molecule has 1 rings (SSSR count). The van der Waals surface area contributed by atoms with E-state index >= 15 is 0 Å². The van der Waals surface area contributed by atoms with Gasteiger partial charge in [-0.2, -0.15) is 8.78 Å². The molecule has 1 atom stereocenters. The summed E-state index contributed by atoms with van der Waals surface area (Å²) in [6.07, 6.45) is -0.616. The number of amides is 1. The predicted octanol–water partition coefficient (Wildman–Crippen LogP) is 2.26. The third-order valence-corrected chi connectivity index (χ3v) is 2.05. The van der Waals surface area contributed by atoms with Crippen molar-refractivity contribution in [2.75, 3.05) is 12.4 Å². The first-order valence-electron chi connectivity index (χ1n) is 4.91. The number of rotatable bonds is 5. The summed E-state index contributed by atoms with van der Waals surface area (Å²) in [7, 11) is 1.40. The number of halogens is 2. The van der Waals surface area contributed by atoms with E-state index < -0.39 is 12.7 Å². The Kier molecular flexibility index (Phi) is 4.84. The fraction of sp³-hybridized carbons (Fsp3) is 0.364. The van der Waals surface area contributed by atoms with Crippen molar-refractivity contribution in [3.63, 3.8) is 0 Å². The molecular weight excluding hydrogens is 232 g/mol. The number of alkyl halides is 2. The minimum Gasteiger partial charge on any atom is -0.435 e. The van der Waals surface area contributed by atoms with Crippen LogP contribution in [-0.4, -0.2) is 25.7 Å². The molecule has 4 nitrogen and oxygen atoms in total. The zero-order valence-corrected chi connectivity index (χ0v) is 9.44. The van der Waals surface area contributed by atoms with Gasteiger partial charge in [0.1, 0.15) is 11.9 Å². The van der Waals surface area contributed by atoms with E-state index in [1.807, 2.05) is 0 Å². The summed E-state index contributed by atoms with van der Waals surface area (Å²) >= 11 is 0. The lowest BCUT2D eigenvalue weighted by atomic mass is 10.3. The van der Waals surface area contributed by atoms with Crippen LogP contribution in [0.5, 0.6) is 5.75 Å². The molecule has 94 valence electrons. The molecule has 0 fully saturated rings.